The molecule has 17 heavy (non-hydrogen) atoms. The van der Waals surface area contributed by atoms with Gasteiger partial charge in [0.05, 0.1) is 0 Å². The van der Waals surface area contributed by atoms with E-state index < -0.39 is 0 Å². The molecule has 0 saturated heterocycles. The summed E-state index contributed by atoms with van der Waals surface area (Å²) in [6.45, 7) is 8.51. The van der Waals surface area contributed by atoms with Crippen LogP contribution in [0, 0.1) is 11.8 Å². The van der Waals surface area contributed by atoms with Gasteiger partial charge in [-0.2, -0.15) is 0 Å². The molecule has 0 aromatic rings. The third-order valence-electron chi connectivity index (χ3n) is 4.26. The zero-order valence-electron chi connectivity index (χ0n) is 12.0. The van der Waals surface area contributed by atoms with E-state index >= 15 is 0 Å². The molecule has 1 aliphatic carbocycles. The first-order valence-corrected chi connectivity index (χ1v) is 7.42. The van der Waals surface area contributed by atoms with E-state index in [2.05, 4.69) is 20.8 Å². The zero-order chi connectivity index (χ0) is 12.7. The van der Waals surface area contributed by atoms with E-state index in [0.29, 0.717) is 0 Å². The zero-order valence-corrected chi connectivity index (χ0v) is 12.0. The minimum absolute atomic E-state index is 0.0729. The van der Waals surface area contributed by atoms with Crippen molar-refractivity contribution in [1.29, 1.82) is 0 Å². The van der Waals surface area contributed by atoms with Crippen molar-refractivity contribution in [3.05, 3.63) is 0 Å². The van der Waals surface area contributed by atoms with Gasteiger partial charge in [0.25, 0.3) is 0 Å². The molecule has 0 aromatic heterocycles. The molecule has 0 spiro atoms. The lowest BCUT2D eigenvalue weighted by Gasteiger charge is -2.37. The molecule has 2 N–H and O–H groups in total. The fourth-order valence-electron chi connectivity index (χ4n) is 2.61. The Balaban J connectivity index is 2.10. The summed E-state index contributed by atoms with van der Waals surface area (Å²) < 4.78 is 5.69. The van der Waals surface area contributed by atoms with Crippen LogP contribution >= 0.6 is 0 Å². The Morgan fingerprint density at radius 1 is 1.24 bits per heavy atom. The SMILES string of the molecule is CCC1CCC(N)(CCOCCC(C)C)CC1. The number of rotatable bonds is 7. The summed E-state index contributed by atoms with van der Waals surface area (Å²) >= 11 is 0. The van der Waals surface area contributed by atoms with Gasteiger partial charge in [-0.15, -0.1) is 0 Å². The van der Waals surface area contributed by atoms with Crippen LogP contribution in [0.5, 0.6) is 0 Å². The van der Waals surface area contributed by atoms with Gasteiger partial charge in [-0.05, 0) is 50.4 Å². The molecular weight excluding hydrogens is 210 g/mol. The van der Waals surface area contributed by atoms with Crippen molar-refractivity contribution in [3.8, 4) is 0 Å². The number of hydrogen-bond donors (Lipinski definition) is 1. The van der Waals surface area contributed by atoms with Crippen LogP contribution < -0.4 is 5.73 Å². The molecule has 0 radical (unpaired) electrons. The molecule has 1 aliphatic rings. The van der Waals surface area contributed by atoms with Gasteiger partial charge in [0, 0.05) is 18.8 Å². The molecule has 0 atom stereocenters. The Kier molecular flexibility index (Phi) is 6.50. The quantitative estimate of drug-likeness (QED) is 0.689. The van der Waals surface area contributed by atoms with Crippen LogP contribution in [-0.4, -0.2) is 18.8 Å². The maximum atomic E-state index is 6.44. The lowest BCUT2D eigenvalue weighted by Crippen LogP contribution is -2.44. The second kappa shape index (κ2) is 7.38. The topological polar surface area (TPSA) is 35.2 Å². The van der Waals surface area contributed by atoms with Crippen molar-refractivity contribution in [2.75, 3.05) is 13.2 Å². The molecule has 0 heterocycles. The molecule has 0 aromatic carbocycles. The molecule has 1 fully saturated rings. The largest absolute Gasteiger partial charge is 0.381 e. The van der Waals surface area contributed by atoms with Gasteiger partial charge in [0.15, 0.2) is 0 Å². The molecule has 2 heteroatoms. The second-order valence-corrected chi connectivity index (χ2v) is 6.26. The van der Waals surface area contributed by atoms with E-state index in [1.54, 1.807) is 0 Å². The van der Waals surface area contributed by atoms with E-state index in [1.807, 2.05) is 0 Å². The Hall–Kier alpha value is -0.0800. The number of nitrogens with two attached hydrogens (primary N) is 1. The average molecular weight is 241 g/mol. The highest BCUT2D eigenvalue weighted by atomic mass is 16.5. The molecule has 0 amide bonds. The van der Waals surface area contributed by atoms with Gasteiger partial charge < -0.3 is 10.5 Å². The van der Waals surface area contributed by atoms with Gasteiger partial charge in [-0.25, -0.2) is 0 Å². The standard InChI is InChI=1S/C15H31NO/c1-4-14-5-8-15(16,9-6-14)10-12-17-11-7-13(2)3/h13-14H,4-12,16H2,1-3H3. The second-order valence-electron chi connectivity index (χ2n) is 6.26. The first kappa shape index (κ1) is 15.0. The highest BCUT2D eigenvalue weighted by Crippen LogP contribution is 2.33. The summed E-state index contributed by atoms with van der Waals surface area (Å²) in [5.41, 5.74) is 6.51. The minimum atomic E-state index is 0.0729. The molecule has 1 saturated carbocycles. The van der Waals surface area contributed by atoms with Crippen molar-refractivity contribution >= 4 is 0 Å². The fraction of sp³-hybridized carbons (Fsp3) is 1.00. The normalized spacial score (nSPS) is 29.8. The van der Waals surface area contributed by atoms with Crippen LogP contribution in [0.4, 0.5) is 0 Å². The summed E-state index contributed by atoms with van der Waals surface area (Å²) in [5.74, 6) is 1.66. The first-order valence-electron chi connectivity index (χ1n) is 7.42. The average Bonchev–Trinajstić information content (AvgIpc) is 2.29. The summed E-state index contributed by atoms with van der Waals surface area (Å²) in [6, 6.07) is 0. The van der Waals surface area contributed by atoms with E-state index in [-0.39, 0.29) is 5.54 Å². The Bertz CT molecular complexity index is 195. The van der Waals surface area contributed by atoms with Crippen LogP contribution in [0.2, 0.25) is 0 Å². The van der Waals surface area contributed by atoms with E-state index in [0.717, 1.165) is 37.9 Å². The Labute approximate surface area is 107 Å². The Morgan fingerprint density at radius 3 is 2.41 bits per heavy atom. The van der Waals surface area contributed by atoms with Gasteiger partial charge >= 0.3 is 0 Å². The predicted molar refractivity (Wildman–Crippen MR) is 74.1 cm³/mol. The van der Waals surface area contributed by atoms with Crippen LogP contribution in [-0.2, 0) is 4.74 Å². The molecule has 0 unspecified atom stereocenters. The predicted octanol–water partition coefficient (Wildman–Crippen LogP) is 3.74. The smallest absolute Gasteiger partial charge is 0.0483 e. The monoisotopic (exact) mass is 241 g/mol. The lowest BCUT2D eigenvalue weighted by atomic mass is 9.75. The van der Waals surface area contributed by atoms with Crippen LogP contribution in [0.25, 0.3) is 0 Å². The number of ether oxygens (including phenoxy) is 1. The van der Waals surface area contributed by atoms with E-state index in [4.69, 9.17) is 10.5 Å². The highest BCUT2D eigenvalue weighted by Gasteiger charge is 2.30. The van der Waals surface area contributed by atoms with Gasteiger partial charge in [-0.3, -0.25) is 0 Å². The van der Waals surface area contributed by atoms with Gasteiger partial charge in [0.2, 0.25) is 0 Å². The van der Waals surface area contributed by atoms with Crippen molar-refractivity contribution in [2.24, 2.45) is 17.6 Å². The Morgan fingerprint density at radius 2 is 1.88 bits per heavy atom. The van der Waals surface area contributed by atoms with Crippen molar-refractivity contribution in [2.45, 2.75) is 71.3 Å². The summed E-state index contributed by atoms with van der Waals surface area (Å²) in [4.78, 5) is 0. The molecule has 0 aliphatic heterocycles. The lowest BCUT2D eigenvalue weighted by molar-refractivity contribution is 0.0921. The molecule has 102 valence electrons. The van der Waals surface area contributed by atoms with E-state index in [1.165, 1.54) is 32.1 Å². The minimum Gasteiger partial charge on any atom is -0.381 e. The summed E-state index contributed by atoms with van der Waals surface area (Å²) in [5, 5.41) is 0. The molecular formula is C15H31NO. The molecule has 1 rings (SSSR count). The summed E-state index contributed by atoms with van der Waals surface area (Å²) in [7, 11) is 0. The third-order valence-corrected chi connectivity index (χ3v) is 4.26. The third kappa shape index (κ3) is 5.87. The maximum Gasteiger partial charge on any atom is 0.0483 e. The molecule has 2 nitrogen and oxygen atoms in total. The van der Waals surface area contributed by atoms with Crippen molar-refractivity contribution < 1.29 is 4.74 Å². The fourth-order valence-corrected chi connectivity index (χ4v) is 2.61. The first-order chi connectivity index (χ1) is 8.06. The molecule has 0 bridgehead atoms. The highest BCUT2D eigenvalue weighted by molar-refractivity contribution is 4.89. The van der Waals surface area contributed by atoms with Gasteiger partial charge in [-0.1, -0.05) is 27.2 Å². The van der Waals surface area contributed by atoms with Crippen LogP contribution in [0.1, 0.15) is 65.7 Å². The van der Waals surface area contributed by atoms with Crippen molar-refractivity contribution in [1.82, 2.24) is 0 Å². The van der Waals surface area contributed by atoms with E-state index in [9.17, 15) is 0 Å². The van der Waals surface area contributed by atoms with Gasteiger partial charge in [0.1, 0.15) is 0 Å². The number of hydrogen-bond acceptors (Lipinski definition) is 2. The van der Waals surface area contributed by atoms with Crippen LogP contribution in [0.15, 0.2) is 0 Å². The summed E-state index contributed by atoms with van der Waals surface area (Å²) in [6.07, 6.45) is 8.55. The van der Waals surface area contributed by atoms with Crippen molar-refractivity contribution in [3.63, 3.8) is 0 Å². The van der Waals surface area contributed by atoms with Crippen LogP contribution in [0.3, 0.4) is 0 Å². The maximum absolute atomic E-state index is 6.44.